The Morgan fingerprint density at radius 3 is 2.19 bits per heavy atom. The normalized spacial score (nSPS) is 13.6. The number of hydrogen-bond donors (Lipinski definition) is 4. The van der Waals surface area contributed by atoms with Crippen molar-refractivity contribution in [2.24, 2.45) is 11.7 Å². The molecule has 0 aliphatic carbocycles. The number of carboxylic acid groups (broad SMARTS) is 1. The number of hydrogen-bond acceptors (Lipinski definition) is 6. The van der Waals surface area contributed by atoms with Crippen molar-refractivity contribution in [3.63, 3.8) is 0 Å². The third-order valence-electron chi connectivity index (χ3n) is 4.63. The van der Waals surface area contributed by atoms with E-state index < -0.39 is 54.8 Å². The number of carboxylic acids is 1. The summed E-state index contributed by atoms with van der Waals surface area (Å²) in [5.41, 5.74) is 5.97. The zero-order chi connectivity index (χ0) is 23.6. The summed E-state index contributed by atoms with van der Waals surface area (Å²) in [5, 5.41) is 13.8. The van der Waals surface area contributed by atoms with Crippen molar-refractivity contribution in [1.82, 2.24) is 15.5 Å². The Kier molecular flexibility index (Phi) is 10.3. The molecule has 1 radical (unpaired) electrons. The number of nitrogens with one attached hydrogen (secondary N) is 2. The lowest BCUT2D eigenvalue weighted by Gasteiger charge is -2.31. The van der Waals surface area contributed by atoms with Crippen LogP contribution in [0.1, 0.15) is 25.8 Å². The molecule has 10 nitrogen and oxygen atoms in total. The summed E-state index contributed by atoms with van der Waals surface area (Å²) in [4.78, 5) is 61.2. The number of carbonyl (C=O) groups is 4. The van der Waals surface area contributed by atoms with Gasteiger partial charge in [-0.25, -0.2) is 0 Å². The average Bonchev–Trinajstić information content (AvgIpc) is 2.72. The maximum Gasteiger partial charge on any atom is 0.305 e. The monoisotopic (exact) mass is 433 g/mol. The molecule has 0 aliphatic heterocycles. The Bertz CT molecular complexity index is 783. The van der Waals surface area contributed by atoms with E-state index in [1.54, 1.807) is 44.2 Å². The fraction of sp³-hybridized carbons (Fsp3) is 0.476. The summed E-state index contributed by atoms with van der Waals surface area (Å²) in [6, 6.07) is 5.54. The topological polar surface area (TPSA) is 159 Å². The van der Waals surface area contributed by atoms with E-state index in [1.807, 2.05) is 6.29 Å². The highest BCUT2D eigenvalue weighted by Crippen LogP contribution is 2.12. The van der Waals surface area contributed by atoms with Gasteiger partial charge in [0.05, 0.1) is 13.0 Å². The van der Waals surface area contributed by atoms with Crippen LogP contribution in [0, 0.1) is 5.92 Å². The van der Waals surface area contributed by atoms with E-state index >= 15 is 0 Å². The quantitative estimate of drug-likeness (QED) is 0.337. The van der Waals surface area contributed by atoms with Crippen LogP contribution in [0.4, 0.5) is 0 Å². The molecule has 1 aromatic carbocycles. The number of likely N-dealkylation sites (N-methyl/N-ethyl adjacent to an activating group) is 1. The van der Waals surface area contributed by atoms with Crippen LogP contribution in [0.5, 0.6) is 0 Å². The lowest BCUT2D eigenvalue weighted by molar-refractivity contribution is -0.141. The molecule has 1 aromatic rings. The molecule has 0 aromatic heterocycles. The van der Waals surface area contributed by atoms with E-state index in [1.165, 1.54) is 11.9 Å². The van der Waals surface area contributed by atoms with Crippen molar-refractivity contribution >= 4 is 30.0 Å². The van der Waals surface area contributed by atoms with Gasteiger partial charge in [0.15, 0.2) is 0 Å². The molecule has 3 atom stereocenters. The summed E-state index contributed by atoms with van der Waals surface area (Å²) in [5.74, 6) is -3.61. The standard InChI is InChI=1S/C21H29N4O6/c1-13(2)17(12-26)25(3)21(31)16(9-14-7-5-4-6-8-14)24-20(30)15(10-19(28)29)23-18(27)11-22/h4-8,13,15-17H,9-11,22H2,1-3H3,(H,23,27)(H,24,30)(H,28,29)/t15-,16-,17-/m1/s1. The molecule has 31 heavy (non-hydrogen) atoms. The Balaban J connectivity index is 3.15. The van der Waals surface area contributed by atoms with Crippen LogP contribution < -0.4 is 16.4 Å². The van der Waals surface area contributed by atoms with Crippen LogP contribution in [-0.4, -0.2) is 71.7 Å². The van der Waals surface area contributed by atoms with Gasteiger partial charge in [-0.05, 0) is 11.5 Å². The van der Waals surface area contributed by atoms with Crippen molar-refractivity contribution < 1.29 is 29.1 Å². The summed E-state index contributed by atoms with van der Waals surface area (Å²) >= 11 is 0. The summed E-state index contributed by atoms with van der Waals surface area (Å²) in [7, 11) is 1.44. The van der Waals surface area contributed by atoms with E-state index in [0.717, 1.165) is 5.56 Å². The van der Waals surface area contributed by atoms with Gasteiger partial charge in [0, 0.05) is 13.5 Å². The van der Waals surface area contributed by atoms with Gasteiger partial charge < -0.3 is 26.4 Å². The molecule has 10 heteroatoms. The summed E-state index contributed by atoms with van der Waals surface area (Å²) < 4.78 is 0. The lowest BCUT2D eigenvalue weighted by atomic mass is 10.0. The Morgan fingerprint density at radius 2 is 1.71 bits per heavy atom. The zero-order valence-electron chi connectivity index (χ0n) is 17.8. The predicted molar refractivity (Wildman–Crippen MR) is 112 cm³/mol. The zero-order valence-corrected chi connectivity index (χ0v) is 17.8. The van der Waals surface area contributed by atoms with Crippen LogP contribution in [0.2, 0.25) is 0 Å². The SMILES string of the molecule is CC(C)[C@@H]([C]=O)N(C)C(=O)[C@@H](Cc1ccccc1)NC(=O)[C@@H](CC(=O)O)NC(=O)CN. The first-order valence-electron chi connectivity index (χ1n) is 9.80. The van der Waals surface area contributed by atoms with Gasteiger partial charge in [0.1, 0.15) is 18.1 Å². The van der Waals surface area contributed by atoms with Crippen molar-refractivity contribution in [1.29, 1.82) is 0 Å². The lowest BCUT2D eigenvalue weighted by Crippen LogP contribution is -2.57. The van der Waals surface area contributed by atoms with Gasteiger partial charge in [-0.3, -0.25) is 24.0 Å². The number of aliphatic carboxylic acids is 1. The highest BCUT2D eigenvalue weighted by molar-refractivity contribution is 5.94. The molecule has 0 saturated heterocycles. The maximum absolute atomic E-state index is 13.1. The van der Waals surface area contributed by atoms with Crippen LogP contribution in [0.15, 0.2) is 30.3 Å². The number of carbonyl (C=O) groups excluding carboxylic acids is 4. The number of rotatable bonds is 12. The number of benzene rings is 1. The van der Waals surface area contributed by atoms with Crippen LogP contribution >= 0.6 is 0 Å². The van der Waals surface area contributed by atoms with Gasteiger partial charge in [0.25, 0.3) is 0 Å². The second kappa shape index (κ2) is 12.4. The molecule has 3 amide bonds. The Morgan fingerprint density at radius 1 is 1.10 bits per heavy atom. The first kappa shape index (κ1) is 25.8. The average molecular weight is 433 g/mol. The van der Waals surface area contributed by atoms with E-state index in [2.05, 4.69) is 10.6 Å². The Hall–Kier alpha value is -3.27. The van der Waals surface area contributed by atoms with Crippen molar-refractivity contribution in [2.75, 3.05) is 13.6 Å². The van der Waals surface area contributed by atoms with Crippen LogP contribution in [0.25, 0.3) is 0 Å². The minimum atomic E-state index is -1.41. The third kappa shape index (κ3) is 8.17. The van der Waals surface area contributed by atoms with Crippen molar-refractivity contribution in [3.8, 4) is 0 Å². The molecule has 0 spiro atoms. The minimum absolute atomic E-state index is 0.101. The van der Waals surface area contributed by atoms with E-state index in [-0.39, 0.29) is 12.3 Å². The van der Waals surface area contributed by atoms with Crippen LogP contribution in [0.3, 0.4) is 0 Å². The molecule has 0 fully saturated rings. The summed E-state index contributed by atoms with van der Waals surface area (Å²) in [6.07, 6.45) is 1.25. The van der Waals surface area contributed by atoms with Crippen LogP contribution in [-0.2, 0) is 30.4 Å². The predicted octanol–water partition coefficient (Wildman–Crippen LogP) is -0.775. The second-order valence-corrected chi connectivity index (χ2v) is 7.43. The van der Waals surface area contributed by atoms with Gasteiger partial charge in [-0.15, -0.1) is 0 Å². The molecule has 0 saturated carbocycles. The molecule has 5 N–H and O–H groups in total. The molecular formula is C21H29N4O6. The fourth-order valence-corrected chi connectivity index (χ4v) is 3.00. The molecule has 0 aliphatic rings. The highest BCUT2D eigenvalue weighted by Gasteiger charge is 2.32. The minimum Gasteiger partial charge on any atom is -0.481 e. The number of nitrogens with two attached hydrogens (primary N) is 1. The highest BCUT2D eigenvalue weighted by atomic mass is 16.4. The van der Waals surface area contributed by atoms with E-state index in [0.29, 0.717) is 0 Å². The third-order valence-corrected chi connectivity index (χ3v) is 4.63. The number of amides is 3. The van der Waals surface area contributed by atoms with Gasteiger partial charge >= 0.3 is 5.97 Å². The molecule has 0 heterocycles. The molecule has 0 unspecified atom stereocenters. The molecule has 1 rings (SSSR count). The van der Waals surface area contributed by atoms with Crippen molar-refractivity contribution in [2.45, 2.75) is 44.8 Å². The number of nitrogens with zero attached hydrogens (tertiary/aromatic N) is 1. The molecule has 0 bridgehead atoms. The first-order valence-corrected chi connectivity index (χ1v) is 9.80. The first-order chi connectivity index (χ1) is 14.6. The van der Waals surface area contributed by atoms with Gasteiger partial charge in [0.2, 0.25) is 24.0 Å². The largest absolute Gasteiger partial charge is 0.481 e. The summed E-state index contributed by atoms with van der Waals surface area (Å²) in [6.45, 7) is 3.09. The smallest absolute Gasteiger partial charge is 0.305 e. The van der Waals surface area contributed by atoms with Gasteiger partial charge in [-0.2, -0.15) is 0 Å². The second-order valence-electron chi connectivity index (χ2n) is 7.43. The fourth-order valence-electron chi connectivity index (χ4n) is 3.00. The molecule has 169 valence electrons. The van der Waals surface area contributed by atoms with Gasteiger partial charge in [-0.1, -0.05) is 44.2 Å². The van der Waals surface area contributed by atoms with E-state index in [9.17, 15) is 24.0 Å². The van der Waals surface area contributed by atoms with E-state index in [4.69, 9.17) is 10.8 Å². The molecular weight excluding hydrogens is 404 g/mol. The Labute approximate surface area is 181 Å². The van der Waals surface area contributed by atoms with Crippen molar-refractivity contribution in [3.05, 3.63) is 35.9 Å². The maximum atomic E-state index is 13.1.